The van der Waals surface area contributed by atoms with E-state index in [1.807, 2.05) is 6.92 Å². The van der Waals surface area contributed by atoms with Crippen LogP contribution >= 0.6 is 0 Å². The Balaban J connectivity index is 1.97. The molecule has 0 aliphatic carbocycles. The maximum atomic E-state index is 13.1. The summed E-state index contributed by atoms with van der Waals surface area (Å²) in [5.41, 5.74) is -0.120. The second-order valence-electron chi connectivity index (χ2n) is 7.07. The molecule has 1 aliphatic heterocycles. The first kappa shape index (κ1) is 24.1. The molecule has 0 saturated heterocycles. The number of likely N-dealkylation sites (N-methyl/N-ethyl adjacent to an activating group) is 1. The number of sulfonamides is 1. The third-order valence-corrected chi connectivity index (χ3v) is 6.50. The maximum Gasteiger partial charge on any atom is 0.511 e. The Morgan fingerprint density at radius 2 is 1.88 bits per heavy atom. The van der Waals surface area contributed by atoms with Crippen molar-refractivity contribution in [1.82, 2.24) is 9.29 Å². The van der Waals surface area contributed by atoms with Gasteiger partial charge in [0.15, 0.2) is 11.5 Å². The average Bonchev–Trinajstić information content (AvgIpc) is 2.78. The summed E-state index contributed by atoms with van der Waals surface area (Å²) < 4.78 is 42.8. The standard InChI is InChI=1S/C22H25N3O7S/c1-4-5-14-30-22(27)32-15(2)31-20-16-10-6-7-11-17(16)33(28,29)25(3)19(20)21(26)24-18-12-8-9-13-23-18/h6-13,15H,4-5,14H2,1-3H3,(H,23,24,26). The van der Waals surface area contributed by atoms with E-state index in [1.165, 1.54) is 32.3 Å². The molecule has 1 aliphatic rings. The van der Waals surface area contributed by atoms with Crippen molar-refractivity contribution >= 4 is 33.7 Å². The number of rotatable bonds is 8. The average molecular weight is 476 g/mol. The van der Waals surface area contributed by atoms with Crippen molar-refractivity contribution in [2.75, 3.05) is 19.0 Å². The summed E-state index contributed by atoms with van der Waals surface area (Å²) in [5, 5.41) is 2.56. The highest BCUT2D eigenvalue weighted by Gasteiger charge is 2.39. The lowest BCUT2D eigenvalue weighted by molar-refractivity contribution is -0.114. The monoisotopic (exact) mass is 475 g/mol. The normalized spacial score (nSPS) is 15.3. The van der Waals surface area contributed by atoms with E-state index in [2.05, 4.69) is 10.3 Å². The summed E-state index contributed by atoms with van der Waals surface area (Å²) in [6.07, 6.45) is 0.912. The number of anilines is 1. The molecule has 33 heavy (non-hydrogen) atoms. The van der Waals surface area contributed by atoms with Gasteiger partial charge in [0.25, 0.3) is 15.9 Å². The van der Waals surface area contributed by atoms with E-state index < -0.39 is 28.4 Å². The van der Waals surface area contributed by atoms with Crippen LogP contribution in [0.15, 0.2) is 59.3 Å². The summed E-state index contributed by atoms with van der Waals surface area (Å²) in [6.45, 7) is 3.59. The van der Waals surface area contributed by atoms with Gasteiger partial charge in [0.05, 0.1) is 11.5 Å². The Morgan fingerprint density at radius 3 is 2.58 bits per heavy atom. The Hall–Kier alpha value is -3.60. The van der Waals surface area contributed by atoms with Gasteiger partial charge < -0.3 is 19.5 Å². The van der Waals surface area contributed by atoms with Crippen LogP contribution in [0.25, 0.3) is 5.76 Å². The lowest BCUT2D eigenvalue weighted by atomic mass is 10.1. The van der Waals surface area contributed by atoms with Gasteiger partial charge in [-0.1, -0.05) is 31.5 Å². The molecule has 1 unspecified atom stereocenters. The number of nitrogens with zero attached hydrogens (tertiary/aromatic N) is 2. The van der Waals surface area contributed by atoms with E-state index >= 15 is 0 Å². The van der Waals surface area contributed by atoms with Crippen LogP contribution in [0, 0.1) is 0 Å². The highest BCUT2D eigenvalue weighted by molar-refractivity contribution is 7.89. The Kier molecular flexibility index (Phi) is 7.54. The molecule has 11 heteroatoms. The lowest BCUT2D eigenvalue weighted by Gasteiger charge is -2.31. The molecule has 2 aromatic rings. The number of pyridine rings is 1. The molecule has 0 radical (unpaired) electrons. The first-order valence-electron chi connectivity index (χ1n) is 10.3. The highest BCUT2D eigenvalue weighted by Crippen LogP contribution is 2.37. The zero-order chi connectivity index (χ0) is 24.0. The molecule has 1 atom stereocenters. The third-order valence-electron chi connectivity index (χ3n) is 4.69. The summed E-state index contributed by atoms with van der Waals surface area (Å²) in [5.74, 6) is -0.602. The zero-order valence-electron chi connectivity index (χ0n) is 18.5. The molecular weight excluding hydrogens is 450 g/mol. The second-order valence-corrected chi connectivity index (χ2v) is 9.01. The van der Waals surface area contributed by atoms with Crippen LogP contribution in [0.5, 0.6) is 0 Å². The van der Waals surface area contributed by atoms with Crippen LogP contribution in [0.3, 0.4) is 0 Å². The molecule has 2 heterocycles. The van der Waals surface area contributed by atoms with E-state index in [0.717, 1.165) is 10.7 Å². The van der Waals surface area contributed by atoms with Gasteiger partial charge >= 0.3 is 6.16 Å². The fourth-order valence-electron chi connectivity index (χ4n) is 3.05. The van der Waals surface area contributed by atoms with Crippen LogP contribution < -0.4 is 5.32 Å². The molecule has 1 amide bonds. The van der Waals surface area contributed by atoms with E-state index in [1.54, 1.807) is 30.3 Å². The van der Waals surface area contributed by atoms with Crippen molar-refractivity contribution in [3.05, 3.63) is 59.9 Å². The molecule has 1 aromatic carbocycles. The first-order valence-corrected chi connectivity index (χ1v) is 11.7. The third kappa shape index (κ3) is 5.43. The predicted octanol–water partition coefficient (Wildman–Crippen LogP) is 3.34. The van der Waals surface area contributed by atoms with E-state index in [9.17, 15) is 18.0 Å². The largest absolute Gasteiger partial charge is 0.511 e. The molecule has 3 rings (SSSR count). The van der Waals surface area contributed by atoms with E-state index in [-0.39, 0.29) is 34.3 Å². The summed E-state index contributed by atoms with van der Waals surface area (Å²) in [6, 6.07) is 11.0. The topological polar surface area (TPSA) is 124 Å². The van der Waals surface area contributed by atoms with Gasteiger partial charge in [-0.2, -0.15) is 0 Å². The molecule has 176 valence electrons. The van der Waals surface area contributed by atoms with E-state index in [4.69, 9.17) is 14.2 Å². The molecule has 10 nitrogen and oxygen atoms in total. The molecule has 0 bridgehead atoms. The number of unbranched alkanes of at least 4 members (excludes halogenated alkanes) is 1. The Morgan fingerprint density at radius 1 is 1.15 bits per heavy atom. The number of carbonyl (C=O) groups is 2. The number of hydrogen-bond acceptors (Lipinski definition) is 8. The van der Waals surface area contributed by atoms with Gasteiger partial charge in [0.1, 0.15) is 5.82 Å². The van der Waals surface area contributed by atoms with Crippen LogP contribution in [-0.2, 0) is 29.0 Å². The van der Waals surface area contributed by atoms with Crippen molar-refractivity contribution < 1.29 is 32.2 Å². The number of carbonyl (C=O) groups excluding carboxylic acids is 2. The zero-order valence-corrected chi connectivity index (χ0v) is 19.3. The van der Waals surface area contributed by atoms with Crippen LogP contribution in [0.2, 0.25) is 0 Å². The highest BCUT2D eigenvalue weighted by atomic mass is 32.2. The van der Waals surface area contributed by atoms with Crippen LogP contribution in [-0.4, -0.2) is 49.7 Å². The number of ether oxygens (including phenoxy) is 3. The van der Waals surface area contributed by atoms with Gasteiger partial charge in [-0.3, -0.25) is 9.10 Å². The second kappa shape index (κ2) is 10.3. The SMILES string of the molecule is CCCCOC(=O)OC(C)OC1=C(C(=O)Nc2ccccn2)N(C)S(=O)(=O)c2ccccc21. The van der Waals surface area contributed by atoms with Gasteiger partial charge in [-0.05, 0) is 30.7 Å². The first-order chi connectivity index (χ1) is 15.8. The number of hydrogen-bond donors (Lipinski definition) is 1. The molecule has 0 fully saturated rings. The van der Waals surface area contributed by atoms with Crippen molar-refractivity contribution in [2.24, 2.45) is 0 Å². The van der Waals surface area contributed by atoms with Crippen molar-refractivity contribution in [2.45, 2.75) is 37.9 Å². The number of aromatic nitrogens is 1. The maximum absolute atomic E-state index is 13.1. The predicted molar refractivity (Wildman–Crippen MR) is 119 cm³/mol. The quantitative estimate of drug-likeness (QED) is 0.350. The minimum atomic E-state index is -4.03. The van der Waals surface area contributed by atoms with E-state index in [0.29, 0.717) is 6.42 Å². The fraction of sp³-hybridized carbons (Fsp3) is 0.318. The van der Waals surface area contributed by atoms with Crippen LogP contribution in [0.4, 0.5) is 10.6 Å². The summed E-state index contributed by atoms with van der Waals surface area (Å²) >= 11 is 0. The van der Waals surface area contributed by atoms with Gasteiger partial charge in [-0.15, -0.1) is 0 Å². The number of amides is 1. The summed E-state index contributed by atoms with van der Waals surface area (Å²) in [4.78, 5) is 29.0. The minimum Gasteiger partial charge on any atom is -0.452 e. The Labute approximate surface area is 192 Å². The number of fused-ring (bicyclic) bond motifs is 1. The van der Waals surface area contributed by atoms with Crippen LogP contribution in [0.1, 0.15) is 32.3 Å². The minimum absolute atomic E-state index is 0.0467. The number of nitrogens with one attached hydrogen (secondary N) is 1. The fourth-order valence-corrected chi connectivity index (χ4v) is 4.44. The molecule has 1 aromatic heterocycles. The van der Waals surface area contributed by atoms with Crippen molar-refractivity contribution in [3.8, 4) is 0 Å². The molecule has 0 spiro atoms. The van der Waals surface area contributed by atoms with Gasteiger partial charge in [0.2, 0.25) is 6.29 Å². The van der Waals surface area contributed by atoms with Gasteiger partial charge in [-0.25, -0.2) is 18.2 Å². The Bertz CT molecular complexity index is 1150. The van der Waals surface area contributed by atoms with Crippen molar-refractivity contribution in [1.29, 1.82) is 0 Å². The van der Waals surface area contributed by atoms with Gasteiger partial charge in [0, 0.05) is 25.7 Å². The molecular formula is C22H25N3O7S. The smallest absolute Gasteiger partial charge is 0.452 e. The molecule has 1 N–H and O–H groups in total. The number of benzene rings is 1. The molecule has 0 saturated carbocycles. The van der Waals surface area contributed by atoms with Crippen molar-refractivity contribution in [3.63, 3.8) is 0 Å². The lowest BCUT2D eigenvalue weighted by Crippen LogP contribution is -2.38. The summed E-state index contributed by atoms with van der Waals surface area (Å²) in [7, 11) is -2.79.